The smallest absolute Gasteiger partial charge is 0.290 e. The van der Waals surface area contributed by atoms with Crippen LogP contribution in [0.2, 0.25) is 0 Å². The molecule has 0 bridgehead atoms. The zero-order valence-corrected chi connectivity index (χ0v) is 13.7. The van der Waals surface area contributed by atoms with E-state index in [4.69, 9.17) is 4.42 Å². The molecule has 5 nitrogen and oxygen atoms in total. The molecule has 1 aromatic heterocycles. The van der Waals surface area contributed by atoms with Gasteiger partial charge in [0.25, 0.3) is 5.91 Å². The maximum Gasteiger partial charge on any atom is 0.290 e. The lowest BCUT2D eigenvalue weighted by Crippen LogP contribution is -2.38. The Labute approximate surface area is 149 Å². The topological polar surface area (TPSA) is 62.6 Å². The largest absolute Gasteiger partial charge is 0.459 e. The molecule has 26 heavy (non-hydrogen) atoms. The first-order chi connectivity index (χ1) is 12.6. The average Bonchev–Trinajstić information content (AvgIpc) is 3.13. The highest BCUT2D eigenvalue weighted by atomic mass is 19.1. The van der Waals surface area contributed by atoms with Crippen molar-refractivity contribution in [3.63, 3.8) is 0 Å². The second-order valence-electron chi connectivity index (χ2n) is 6.00. The number of hydrogen-bond donors (Lipinski definition) is 1. The van der Waals surface area contributed by atoms with Crippen molar-refractivity contribution >= 4 is 17.5 Å². The van der Waals surface area contributed by atoms with E-state index in [1.54, 1.807) is 12.1 Å². The maximum atomic E-state index is 14.0. The number of rotatable bonds is 2. The third kappa shape index (κ3) is 2.86. The van der Waals surface area contributed by atoms with Crippen LogP contribution < -0.4 is 5.32 Å². The number of carbonyl (C=O) groups is 2. The lowest BCUT2D eigenvalue weighted by molar-refractivity contribution is -0.117. The molecule has 6 heteroatoms. The number of benzene rings is 2. The van der Waals surface area contributed by atoms with Crippen LogP contribution in [0.4, 0.5) is 10.1 Å². The van der Waals surface area contributed by atoms with E-state index in [1.165, 1.54) is 29.4 Å². The van der Waals surface area contributed by atoms with Crippen LogP contribution in [0.1, 0.15) is 27.7 Å². The van der Waals surface area contributed by atoms with E-state index in [2.05, 4.69) is 5.32 Å². The fraction of sp³-hybridized carbons (Fsp3) is 0.100. The summed E-state index contributed by atoms with van der Waals surface area (Å²) in [7, 11) is 0. The van der Waals surface area contributed by atoms with Gasteiger partial charge in [-0.15, -0.1) is 0 Å². The van der Waals surface area contributed by atoms with Crippen LogP contribution in [0.15, 0.2) is 71.3 Å². The first kappa shape index (κ1) is 16.1. The Kier molecular flexibility index (Phi) is 4.01. The van der Waals surface area contributed by atoms with Crippen LogP contribution >= 0.6 is 0 Å². The third-order valence-electron chi connectivity index (χ3n) is 4.32. The molecule has 0 aliphatic carbocycles. The molecule has 2 aromatic carbocycles. The summed E-state index contributed by atoms with van der Waals surface area (Å²) in [5, 5.41) is 2.75. The molecule has 1 aliphatic heterocycles. The predicted octanol–water partition coefficient (Wildman–Crippen LogP) is 3.60. The Bertz CT molecular complexity index is 954. The van der Waals surface area contributed by atoms with Crippen molar-refractivity contribution in [2.45, 2.75) is 6.04 Å². The minimum absolute atomic E-state index is 0.124. The molecule has 1 N–H and O–H groups in total. The second-order valence-corrected chi connectivity index (χ2v) is 6.00. The molecule has 1 aliphatic rings. The summed E-state index contributed by atoms with van der Waals surface area (Å²) >= 11 is 0. The van der Waals surface area contributed by atoms with E-state index in [9.17, 15) is 14.0 Å². The molecule has 4 rings (SSSR count). The quantitative estimate of drug-likeness (QED) is 0.768. The molecule has 0 saturated carbocycles. The van der Waals surface area contributed by atoms with Crippen molar-refractivity contribution in [3.05, 3.63) is 89.6 Å². The van der Waals surface area contributed by atoms with Gasteiger partial charge in [0.15, 0.2) is 5.76 Å². The summed E-state index contributed by atoms with van der Waals surface area (Å²) in [5.41, 5.74) is 1.78. The van der Waals surface area contributed by atoms with Gasteiger partial charge in [0.1, 0.15) is 12.4 Å². The number of fused-ring (bicyclic) bond motifs is 1. The molecule has 0 spiro atoms. The molecule has 0 radical (unpaired) electrons. The number of anilines is 1. The maximum absolute atomic E-state index is 14.0. The Morgan fingerprint density at radius 3 is 2.65 bits per heavy atom. The minimum Gasteiger partial charge on any atom is -0.459 e. The summed E-state index contributed by atoms with van der Waals surface area (Å²) < 4.78 is 19.2. The number of carbonyl (C=O) groups excluding carboxylic acids is 2. The van der Waals surface area contributed by atoms with E-state index >= 15 is 0 Å². The normalized spacial score (nSPS) is 16.6. The monoisotopic (exact) mass is 350 g/mol. The fourth-order valence-corrected chi connectivity index (χ4v) is 3.20. The van der Waals surface area contributed by atoms with Gasteiger partial charge in [0.05, 0.1) is 12.3 Å². The van der Waals surface area contributed by atoms with Gasteiger partial charge in [0.2, 0.25) is 5.91 Å². The lowest BCUT2D eigenvalue weighted by Gasteiger charge is -2.29. The zero-order chi connectivity index (χ0) is 18.1. The number of furan rings is 1. The SMILES string of the molecule is O=C1CN(C(=O)c2ccco2)[C@@H](c2ccccc2)c2cc(F)ccc2N1. The highest BCUT2D eigenvalue weighted by Crippen LogP contribution is 2.36. The molecule has 130 valence electrons. The van der Waals surface area contributed by atoms with Crippen molar-refractivity contribution in [1.29, 1.82) is 0 Å². The average molecular weight is 350 g/mol. The van der Waals surface area contributed by atoms with Gasteiger partial charge in [-0.3, -0.25) is 9.59 Å². The molecule has 3 aromatic rings. The first-order valence-corrected chi connectivity index (χ1v) is 8.12. The van der Waals surface area contributed by atoms with Gasteiger partial charge in [-0.2, -0.15) is 0 Å². The van der Waals surface area contributed by atoms with Crippen LogP contribution in [0.5, 0.6) is 0 Å². The molecule has 1 atom stereocenters. The zero-order valence-electron chi connectivity index (χ0n) is 13.7. The lowest BCUT2D eigenvalue weighted by atomic mass is 9.95. The molecule has 0 fully saturated rings. The summed E-state index contributed by atoms with van der Waals surface area (Å²) in [5.74, 6) is -1.10. The van der Waals surface area contributed by atoms with Crippen molar-refractivity contribution in [1.82, 2.24) is 4.90 Å². The van der Waals surface area contributed by atoms with E-state index < -0.39 is 17.8 Å². The highest BCUT2D eigenvalue weighted by Gasteiger charge is 2.35. The Morgan fingerprint density at radius 1 is 1.12 bits per heavy atom. The van der Waals surface area contributed by atoms with Crippen LogP contribution in [0, 0.1) is 5.82 Å². The first-order valence-electron chi connectivity index (χ1n) is 8.12. The summed E-state index contributed by atoms with van der Waals surface area (Å²) in [6.45, 7) is -0.171. The van der Waals surface area contributed by atoms with E-state index in [0.29, 0.717) is 11.3 Å². The van der Waals surface area contributed by atoms with E-state index in [-0.39, 0.29) is 18.2 Å². The van der Waals surface area contributed by atoms with Gasteiger partial charge in [0, 0.05) is 11.3 Å². The van der Waals surface area contributed by atoms with Gasteiger partial charge < -0.3 is 14.6 Å². The number of amides is 2. The number of nitrogens with one attached hydrogen (secondary N) is 1. The van der Waals surface area contributed by atoms with E-state index in [0.717, 1.165) is 5.56 Å². The number of nitrogens with zero attached hydrogens (tertiary/aromatic N) is 1. The Hall–Kier alpha value is -3.41. The molecule has 2 heterocycles. The molecule has 0 saturated heterocycles. The van der Waals surface area contributed by atoms with Gasteiger partial charge >= 0.3 is 0 Å². The van der Waals surface area contributed by atoms with Crippen LogP contribution in [0.3, 0.4) is 0 Å². The Morgan fingerprint density at radius 2 is 1.92 bits per heavy atom. The van der Waals surface area contributed by atoms with E-state index in [1.807, 2.05) is 30.3 Å². The Balaban J connectivity index is 1.90. The highest BCUT2D eigenvalue weighted by molar-refractivity contribution is 6.00. The third-order valence-corrected chi connectivity index (χ3v) is 4.32. The molecule has 2 amide bonds. The van der Waals surface area contributed by atoms with Crippen LogP contribution in [-0.2, 0) is 4.79 Å². The van der Waals surface area contributed by atoms with Crippen molar-refractivity contribution in [2.75, 3.05) is 11.9 Å². The summed E-state index contributed by atoms with van der Waals surface area (Å²) in [6.07, 6.45) is 1.40. The van der Waals surface area contributed by atoms with Crippen molar-refractivity contribution in [2.24, 2.45) is 0 Å². The van der Waals surface area contributed by atoms with Crippen LogP contribution in [0.25, 0.3) is 0 Å². The van der Waals surface area contributed by atoms with Crippen molar-refractivity contribution < 1.29 is 18.4 Å². The number of halogens is 1. The van der Waals surface area contributed by atoms with Crippen molar-refractivity contribution in [3.8, 4) is 0 Å². The second kappa shape index (κ2) is 6.48. The molecular formula is C20H15FN2O3. The molecular weight excluding hydrogens is 335 g/mol. The van der Waals surface area contributed by atoms with Gasteiger partial charge in [-0.25, -0.2) is 4.39 Å². The number of hydrogen-bond acceptors (Lipinski definition) is 3. The van der Waals surface area contributed by atoms with Gasteiger partial charge in [-0.1, -0.05) is 30.3 Å². The fourth-order valence-electron chi connectivity index (χ4n) is 3.20. The molecule has 0 unspecified atom stereocenters. The summed E-state index contributed by atoms with van der Waals surface area (Å²) in [6, 6.07) is 15.9. The standard InChI is InChI=1S/C20H15FN2O3/c21-14-8-9-16-15(11-14)19(13-5-2-1-3-6-13)23(12-18(24)22-16)20(25)17-7-4-10-26-17/h1-11,19H,12H2,(H,22,24)/t19-/m0/s1. The van der Waals surface area contributed by atoms with Crippen LogP contribution in [-0.4, -0.2) is 23.3 Å². The minimum atomic E-state index is -0.626. The van der Waals surface area contributed by atoms with Gasteiger partial charge in [-0.05, 0) is 35.9 Å². The summed E-state index contributed by atoms with van der Waals surface area (Å²) in [4.78, 5) is 26.8. The predicted molar refractivity (Wildman–Crippen MR) is 93.1 cm³/mol.